The first kappa shape index (κ1) is 18.5. The van der Waals surface area contributed by atoms with Gasteiger partial charge in [-0.3, -0.25) is 25.0 Å². The first-order valence-electron chi connectivity index (χ1n) is 7.31. The molecule has 1 aromatic rings. The molecule has 1 aliphatic heterocycles. The van der Waals surface area contributed by atoms with Crippen molar-refractivity contribution in [1.82, 2.24) is 9.80 Å². The molecule has 0 aromatic heterocycles. The van der Waals surface area contributed by atoms with Gasteiger partial charge in [0.2, 0.25) is 0 Å². The molecule has 0 N–H and O–H groups in total. The number of hydrogen-bond acceptors (Lipinski definition) is 6. The van der Waals surface area contributed by atoms with Gasteiger partial charge in [-0.25, -0.2) is 0 Å². The van der Waals surface area contributed by atoms with E-state index in [0.29, 0.717) is 13.1 Å². The average Bonchev–Trinajstić information content (AvgIpc) is 2.56. The van der Waals surface area contributed by atoms with Crippen molar-refractivity contribution in [3.8, 4) is 0 Å². The first-order valence-corrected chi connectivity index (χ1v) is 7.31. The lowest BCUT2D eigenvalue weighted by atomic mass is 10.1. The molecule has 1 saturated heterocycles. The summed E-state index contributed by atoms with van der Waals surface area (Å²) < 4.78 is 0. The van der Waals surface area contributed by atoms with Crippen molar-refractivity contribution in [3.05, 3.63) is 44.0 Å². The van der Waals surface area contributed by atoms with Crippen molar-refractivity contribution >= 4 is 17.3 Å². The summed E-state index contributed by atoms with van der Waals surface area (Å²) in [6.45, 7) is 6.50. The molecule has 1 fully saturated rings. The third kappa shape index (κ3) is 4.46. The Balaban J connectivity index is 0.00000127. The zero-order chi connectivity index (χ0) is 17.6. The monoisotopic (exact) mass is 324 g/mol. The van der Waals surface area contributed by atoms with Gasteiger partial charge in [0, 0.05) is 43.9 Å². The summed E-state index contributed by atoms with van der Waals surface area (Å²) in [5.74, 6) is -0.346. The molecule has 1 heterocycles. The lowest BCUT2D eigenvalue weighted by Crippen LogP contribution is -2.47. The van der Waals surface area contributed by atoms with Crippen molar-refractivity contribution in [1.29, 1.82) is 0 Å². The van der Waals surface area contributed by atoms with Crippen LogP contribution in [0.5, 0.6) is 0 Å². The van der Waals surface area contributed by atoms with E-state index in [9.17, 15) is 25.0 Å². The molecule has 2 rings (SSSR count). The fourth-order valence-corrected chi connectivity index (χ4v) is 2.15. The molecule has 0 atom stereocenters. The summed E-state index contributed by atoms with van der Waals surface area (Å²) in [4.78, 5) is 35.9. The maximum Gasteiger partial charge on any atom is 0.346 e. The molecule has 0 aliphatic carbocycles. The van der Waals surface area contributed by atoms with Crippen molar-refractivity contribution in [3.63, 3.8) is 0 Å². The molecule has 1 aliphatic rings. The number of nitro benzene ring substituents is 2. The molecular weight excluding hydrogens is 304 g/mol. The van der Waals surface area contributed by atoms with Crippen LogP contribution in [0.4, 0.5) is 11.4 Å². The van der Waals surface area contributed by atoms with E-state index < -0.39 is 21.2 Å². The van der Waals surface area contributed by atoms with Crippen LogP contribution < -0.4 is 0 Å². The lowest BCUT2D eigenvalue weighted by Gasteiger charge is -2.32. The summed E-state index contributed by atoms with van der Waals surface area (Å²) in [6, 6.07) is 3.23. The number of amides is 1. The highest BCUT2D eigenvalue weighted by Gasteiger charge is 2.28. The van der Waals surface area contributed by atoms with Crippen molar-refractivity contribution < 1.29 is 14.6 Å². The van der Waals surface area contributed by atoms with E-state index in [1.54, 1.807) is 4.90 Å². The second kappa shape index (κ2) is 8.18. The number of carbonyl (C=O) groups excluding carboxylic acids is 1. The van der Waals surface area contributed by atoms with Crippen LogP contribution in [0.1, 0.15) is 24.2 Å². The van der Waals surface area contributed by atoms with Gasteiger partial charge in [0.15, 0.2) is 0 Å². The number of benzene rings is 1. The minimum Gasteiger partial charge on any atom is -0.336 e. The summed E-state index contributed by atoms with van der Waals surface area (Å²) >= 11 is 0. The SMILES string of the molecule is CC.CN1CCN(C(=O)c2ccc([N+](=O)[O-])c([N+](=O)[O-])c2)CC1. The van der Waals surface area contributed by atoms with Crippen molar-refractivity contribution in [2.45, 2.75) is 13.8 Å². The molecule has 0 radical (unpaired) electrons. The average molecular weight is 324 g/mol. The number of nitro groups is 2. The molecule has 0 unspecified atom stereocenters. The van der Waals surface area contributed by atoms with Gasteiger partial charge in [-0.05, 0) is 13.1 Å². The van der Waals surface area contributed by atoms with Gasteiger partial charge in [0.05, 0.1) is 9.85 Å². The summed E-state index contributed by atoms with van der Waals surface area (Å²) in [5, 5.41) is 21.6. The third-order valence-corrected chi connectivity index (χ3v) is 3.41. The molecule has 0 bridgehead atoms. The Morgan fingerprint density at radius 3 is 2.00 bits per heavy atom. The van der Waals surface area contributed by atoms with Crippen LogP contribution in [0, 0.1) is 20.2 Å². The van der Waals surface area contributed by atoms with Crippen LogP contribution in [-0.2, 0) is 0 Å². The van der Waals surface area contributed by atoms with Crippen LogP contribution in [0.2, 0.25) is 0 Å². The Hall–Kier alpha value is -2.55. The highest BCUT2D eigenvalue weighted by atomic mass is 16.6. The van der Waals surface area contributed by atoms with Gasteiger partial charge in [-0.15, -0.1) is 0 Å². The fraction of sp³-hybridized carbons (Fsp3) is 0.500. The molecule has 9 nitrogen and oxygen atoms in total. The quantitative estimate of drug-likeness (QED) is 0.620. The Bertz CT molecular complexity index is 597. The molecule has 0 saturated carbocycles. The minimum atomic E-state index is -0.848. The van der Waals surface area contributed by atoms with Crippen LogP contribution in [0.25, 0.3) is 0 Å². The summed E-state index contributed by atoms with van der Waals surface area (Å²) in [5.41, 5.74) is -1.19. The molecule has 9 heteroatoms. The van der Waals surface area contributed by atoms with E-state index in [0.717, 1.165) is 25.2 Å². The van der Waals surface area contributed by atoms with E-state index in [-0.39, 0.29) is 11.5 Å². The van der Waals surface area contributed by atoms with Gasteiger partial charge < -0.3 is 9.80 Å². The predicted octanol–water partition coefficient (Wildman–Crippen LogP) is 1.92. The lowest BCUT2D eigenvalue weighted by molar-refractivity contribution is -0.422. The van der Waals surface area contributed by atoms with Gasteiger partial charge in [-0.2, -0.15) is 0 Å². The molecule has 1 amide bonds. The Kier molecular flexibility index (Phi) is 6.58. The number of likely N-dealkylation sites (N-methyl/N-ethyl adjacent to an activating group) is 1. The highest BCUT2D eigenvalue weighted by Crippen LogP contribution is 2.28. The molecule has 0 spiro atoms. The molecule has 126 valence electrons. The van der Waals surface area contributed by atoms with E-state index in [2.05, 4.69) is 4.90 Å². The summed E-state index contributed by atoms with van der Waals surface area (Å²) in [7, 11) is 1.94. The minimum absolute atomic E-state index is 0.0943. The Morgan fingerprint density at radius 2 is 1.52 bits per heavy atom. The van der Waals surface area contributed by atoms with Crippen LogP contribution in [0.3, 0.4) is 0 Å². The summed E-state index contributed by atoms with van der Waals surface area (Å²) in [6.07, 6.45) is 0. The van der Waals surface area contributed by atoms with Gasteiger partial charge >= 0.3 is 11.4 Å². The fourth-order valence-electron chi connectivity index (χ4n) is 2.15. The first-order chi connectivity index (χ1) is 10.9. The van der Waals surface area contributed by atoms with E-state index in [1.807, 2.05) is 20.9 Å². The number of rotatable bonds is 3. The second-order valence-electron chi connectivity index (χ2n) is 4.81. The normalized spacial score (nSPS) is 14.7. The van der Waals surface area contributed by atoms with Crippen molar-refractivity contribution in [2.75, 3.05) is 33.2 Å². The zero-order valence-corrected chi connectivity index (χ0v) is 13.4. The van der Waals surface area contributed by atoms with Crippen LogP contribution in [0.15, 0.2) is 18.2 Å². The van der Waals surface area contributed by atoms with Gasteiger partial charge in [0.1, 0.15) is 0 Å². The topological polar surface area (TPSA) is 110 Å². The van der Waals surface area contributed by atoms with E-state index >= 15 is 0 Å². The van der Waals surface area contributed by atoms with Gasteiger partial charge in [-0.1, -0.05) is 13.8 Å². The van der Waals surface area contributed by atoms with Crippen molar-refractivity contribution in [2.24, 2.45) is 0 Å². The largest absolute Gasteiger partial charge is 0.346 e. The number of carbonyl (C=O) groups is 1. The third-order valence-electron chi connectivity index (χ3n) is 3.41. The molecule has 1 aromatic carbocycles. The second-order valence-corrected chi connectivity index (χ2v) is 4.81. The standard InChI is InChI=1S/C12H14N4O5.C2H6/c1-13-4-6-14(7-5-13)12(17)9-2-3-10(15(18)19)11(8-9)16(20)21;1-2/h2-3,8H,4-7H2,1H3;1-2H3. The van der Waals surface area contributed by atoms with Crippen LogP contribution in [-0.4, -0.2) is 58.8 Å². The maximum absolute atomic E-state index is 12.3. The van der Waals surface area contributed by atoms with E-state index in [4.69, 9.17) is 0 Å². The number of hydrogen-bond donors (Lipinski definition) is 0. The molecular formula is C14H20N4O5. The Labute approximate surface area is 133 Å². The smallest absolute Gasteiger partial charge is 0.336 e. The van der Waals surface area contributed by atoms with Crippen LogP contribution >= 0.6 is 0 Å². The van der Waals surface area contributed by atoms with E-state index in [1.165, 1.54) is 6.07 Å². The highest BCUT2D eigenvalue weighted by molar-refractivity contribution is 5.95. The number of piperazine rings is 1. The molecule has 23 heavy (non-hydrogen) atoms. The number of nitrogens with zero attached hydrogens (tertiary/aromatic N) is 4. The Morgan fingerprint density at radius 1 is 1.00 bits per heavy atom. The predicted molar refractivity (Wildman–Crippen MR) is 84.5 cm³/mol. The maximum atomic E-state index is 12.3. The van der Waals surface area contributed by atoms with Gasteiger partial charge in [0.25, 0.3) is 5.91 Å². The zero-order valence-electron chi connectivity index (χ0n) is 13.4.